The first-order valence-corrected chi connectivity index (χ1v) is 6.21. The number of rotatable bonds is 4. The Labute approximate surface area is 102 Å². The number of halogens is 1. The Morgan fingerprint density at radius 3 is 2.94 bits per heavy atom. The summed E-state index contributed by atoms with van der Waals surface area (Å²) in [5.74, 6) is 0. The molecule has 1 saturated heterocycles. The van der Waals surface area contributed by atoms with E-state index in [1.807, 2.05) is 25.2 Å². The molecular formula is C13H18ClNO. The van der Waals surface area contributed by atoms with E-state index >= 15 is 0 Å². The van der Waals surface area contributed by atoms with Gasteiger partial charge in [-0.1, -0.05) is 29.8 Å². The predicted octanol–water partition coefficient (Wildman–Crippen LogP) is 2.65. The van der Waals surface area contributed by atoms with E-state index in [0.717, 1.165) is 24.5 Å². The normalized spacial score (nSPS) is 22.2. The van der Waals surface area contributed by atoms with E-state index in [4.69, 9.17) is 16.3 Å². The summed E-state index contributed by atoms with van der Waals surface area (Å²) in [6.45, 7) is 0.894. The molecule has 1 N–H and O–H groups in total. The summed E-state index contributed by atoms with van der Waals surface area (Å²) < 4.78 is 5.71. The first kappa shape index (κ1) is 11.9. The van der Waals surface area contributed by atoms with Crippen LogP contribution in [0.4, 0.5) is 0 Å². The third-order valence-electron chi connectivity index (χ3n) is 3.18. The maximum atomic E-state index is 6.16. The Morgan fingerprint density at radius 1 is 1.50 bits per heavy atom. The molecular weight excluding hydrogens is 222 g/mol. The quantitative estimate of drug-likeness (QED) is 0.872. The molecule has 1 aromatic rings. The lowest BCUT2D eigenvalue weighted by Gasteiger charge is -2.22. The van der Waals surface area contributed by atoms with Crippen molar-refractivity contribution in [3.05, 3.63) is 34.9 Å². The molecule has 2 rings (SSSR count). The van der Waals surface area contributed by atoms with Crippen LogP contribution in [0.5, 0.6) is 0 Å². The molecule has 0 aliphatic carbocycles. The van der Waals surface area contributed by atoms with Gasteiger partial charge in [-0.3, -0.25) is 0 Å². The summed E-state index contributed by atoms with van der Waals surface area (Å²) in [6.07, 6.45) is 3.59. The molecule has 0 unspecified atom stereocenters. The number of benzene rings is 1. The third kappa shape index (κ3) is 2.76. The van der Waals surface area contributed by atoms with E-state index in [-0.39, 0.29) is 0 Å². The minimum atomic E-state index is 0.335. The highest BCUT2D eigenvalue weighted by Crippen LogP contribution is 2.22. The minimum Gasteiger partial charge on any atom is -0.377 e. The number of ether oxygens (including phenoxy) is 1. The number of hydrogen-bond donors (Lipinski definition) is 1. The molecule has 0 amide bonds. The number of likely N-dealkylation sites (N-methyl/N-ethyl adjacent to an activating group) is 1. The smallest absolute Gasteiger partial charge is 0.0732 e. The fourth-order valence-corrected chi connectivity index (χ4v) is 2.45. The molecule has 0 aromatic heterocycles. The van der Waals surface area contributed by atoms with Gasteiger partial charge in [0, 0.05) is 17.7 Å². The molecule has 1 heterocycles. The summed E-state index contributed by atoms with van der Waals surface area (Å²) in [5.41, 5.74) is 1.19. The van der Waals surface area contributed by atoms with E-state index in [2.05, 4.69) is 11.4 Å². The van der Waals surface area contributed by atoms with Crippen LogP contribution in [-0.2, 0) is 11.2 Å². The van der Waals surface area contributed by atoms with Gasteiger partial charge in [-0.2, -0.15) is 0 Å². The maximum absolute atomic E-state index is 6.16. The Kier molecular flexibility index (Phi) is 4.22. The molecule has 1 aliphatic heterocycles. The van der Waals surface area contributed by atoms with Crippen molar-refractivity contribution in [1.29, 1.82) is 0 Å². The SMILES string of the molecule is CN[C@H](Cc1ccccc1Cl)[C@@H]1CCCO1. The molecule has 0 radical (unpaired) electrons. The van der Waals surface area contributed by atoms with Crippen molar-refractivity contribution in [2.45, 2.75) is 31.4 Å². The standard InChI is InChI=1S/C13H18ClNO/c1-15-12(13-7-4-8-16-13)9-10-5-2-3-6-11(10)14/h2-3,5-6,12-13,15H,4,7-9H2,1H3/t12-,13+/m1/s1. The Hall–Kier alpha value is -0.570. The highest BCUT2D eigenvalue weighted by Gasteiger charge is 2.25. The average molecular weight is 240 g/mol. The molecule has 1 aromatic carbocycles. The van der Waals surface area contributed by atoms with E-state index in [1.165, 1.54) is 12.0 Å². The van der Waals surface area contributed by atoms with Gasteiger partial charge < -0.3 is 10.1 Å². The van der Waals surface area contributed by atoms with Crippen molar-refractivity contribution >= 4 is 11.6 Å². The van der Waals surface area contributed by atoms with Crippen molar-refractivity contribution < 1.29 is 4.74 Å². The first-order valence-electron chi connectivity index (χ1n) is 5.83. The second-order valence-electron chi connectivity index (χ2n) is 4.24. The second kappa shape index (κ2) is 5.67. The van der Waals surface area contributed by atoms with Crippen LogP contribution >= 0.6 is 11.6 Å². The van der Waals surface area contributed by atoms with Gasteiger partial charge >= 0.3 is 0 Å². The van der Waals surface area contributed by atoms with Gasteiger partial charge in [-0.15, -0.1) is 0 Å². The second-order valence-corrected chi connectivity index (χ2v) is 4.65. The molecule has 16 heavy (non-hydrogen) atoms. The largest absolute Gasteiger partial charge is 0.377 e. The molecule has 0 spiro atoms. The van der Waals surface area contributed by atoms with Crippen molar-refractivity contribution in [1.82, 2.24) is 5.32 Å². The zero-order valence-corrected chi connectivity index (χ0v) is 10.3. The van der Waals surface area contributed by atoms with Crippen molar-refractivity contribution in [2.24, 2.45) is 0 Å². The van der Waals surface area contributed by atoms with Crippen LogP contribution in [0.3, 0.4) is 0 Å². The topological polar surface area (TPSA) is 21.3 Å². The molecule has 1 fully saturated rings. The number of hydrogen-bond acceptors (Lipinski definition) is 2. The van der Waals surface area contributed by atoms with Gasteiger partial charge in [0.1, 0.15) is 0 Å². The Bertz CT molecular complexity index is 336. The van der Waals surface area contributed by atoms with Crippen molar-refractivity contribution in [3.63, 3.8) is 0 Å². The lowest BCUT2D eigenvalue weighted by molar-refractivity contribution is 0.0808. The molecule has 2 nitrogen and oxygen atoms in total. The van der Waals surface area contributed by atoms with Crippen molar-refractivity contribution in [3.8, 4) is 0 Å². The fraction of sp³-hybridized carbons (Fsp3) is 0.538. The summed E-state index contributed by atoms with van der Waals surface area (Å²) in [7, 11) is 1.99. The van der Waals surface area contributed by atoms with E-state index in [0.29, 0.717) is 12.1 Å². The fourth-order valence-electron chi connectivity index (χ4n) is 2.24. The van der Waals surface area contributed by atoms with Crippen LogP contribution in [0.15, 0.2) is 24.3 Å². The molecule has 3 heteroatoms. The minimum absolute atomic E-state index is 0.335. The van der Waals surface area contributed by atoms with Crippen LogP contribution < -0.4 is 5.32 Å². The predicted molar refractivity (Wildman–Crippen MR) is 67.0 cm³/mol. The zero-order valence-electron chi connectivity index (χ0n) is 9.58. The van der Waals surface area contributed by atoms with Crippen LogP contribution in [0.25, 0.3) is 0 Å². The Morgan fingerprint density at radius 2 is 2.31 bits per heavy atom. The monoisotopic (exact) mass is 239 g/mol. The van der Waals surface area contributed by atoms with Crippen LogP contribution in [0.1, 0.15) is 18.4 Å². The van der Waals surface area contributed by atoms with Crippen molar-refractivity contribution in [2.75, 3.05) is 13.7 Å². The van der Waals surface area contributed by atoms with Gasteiger partial charge in [-0.25, -0.2) is 0 Å². The van der Waals surface area contributed by atoms with Gasteiger partial charge in [0.25, 0.3) is 0 Å². The van der Waals surface area contributed by atoms with Crippen LogP contribution in [0, 0.1) is 0 Å². The average Bonchev–Trinajstić information content (AvgIpc) is 2.81. The molecule has 2 atom stereocenters. The summed E-state index contributed by atoms with van der Waals surface area (Å²) in [5, 5.41) is 4.18. The van der Waals surface area contributed by atoms with E-state index < -0.39 is 0 Å². The maximum Gasteiger partial charge on any atom is 0.0732 e. The van der Waals surface area contributed by atoms with Gasteiger partial charge in [0.2, 0.25) is 0 Å². The summed E-state index contributed by atoms with van der Waals surface area (Å²) in [6, 6.07) is 8.39. The first-order chi connectivity index (χ1) is 7.81. The Balaban J connectivity index is 2.03. The molecule has 1 aliphatic rings. The van der Waals surface area contributed by atoms with Gasteiger partial charge in [-0.05, 0) is 37.9 Å². The molecule has 88 valence electrons. The van der Waals surface area contributed by atoms with Gasteiger partial charge in [0.05, 0.1) is 6.10 Å². The summed E-state index contributed by atoms with van der Waals surface area (Å²) >= 11 is 6.16. The molecule has 0 saturated carbocycles. The number of nitrogens with one attached hydrogen (secondary N) is 1. The molecule has 0 bridgehead atoms. The van der Waals surface area contributed by atoms with Gasteiger partial charge in [0.15, 0.2) is 0 Å². The van der Waals surface area contributed by atoms with E-state index in [1.54, 1.807) is 0 Å². The highest BCUT2D eigenvalue weighted by atomic mass is 35.5. The third-order valence-corrected chi connectivity index (χ3v) is 3.55. The lowest BCUT2D eigenvalue weighted by atomic mass is 9.99. The van der Waals surface area contributed by atoms with E-state index in [9.17, 15) is 0 Å². The lowest BCUT2D eigenvalue weighted by Crippen LogP contribution is -2.39. The summed E-state index contributed by atoms with van der Waals surface area (Å²) in [4.78, 5) is 0. The zero-order chi connectivity index (χ0) is 11.4. The van der Waals surface area contributed by atoms with Crippen LogP contribution in [-0.4, -0.2) is 25.8 Å². The highest BCUT2D eigenvalue weighted by molar-refractivity contribution is 6.31. The van der Waals surface area contributed by atoms with Crippen LogP contribution in [0.2, 0.25) is 5.02 Å².